The summed E-state index contributed by atoms with van der Waals surface area (Å²) in [5.41, 5.74) is 7.24. The Morgan fingerprint density at radius 2 is 2.16 bits per heavy atom. The summed E-state index contributed by atoms with van der Waals surface area (Å²) in [5, 5.41) is 0. The summed E-state index contributed by atoms with van der Waals surface area (Å²) in [6.45, 7) is 5.08. The van der Waals surface area contributed by atoms with Gasteiger partial charge in [0.05, 0.1) is 6.61 Å². The normalized spacial score (nSPS) is 12.4. The lowest BCUT2D eigenvalue weighted by Crippen LogP contribution is -2.21. The van der Waals surface area contributed by atoms with E-state index in [1.807, 2.05) is 23.9 Å². The standard InChI is InChI=1S/C15H24BrNOS/c1-3-14(17)11-12-10-13(16)6-7-15(12)18-8-5-9-19-4-2/h6-7,10,14H,3-5,8-9,11,17H2,1-2H3. The van der Waals surface area contributed by atoms with Crippen LogP contribution < -0.4 is 10.5 Å². The number of nitrogens with two attached hydrogens (primary N) is 1. The van der Waals surface area contributed by atoms with Crippen molar-refractivity contribution in [1.29, 1.82) is 0 Å². The van der Waals surface area contributed by atoms with E-state index >= 15 is 0 Å². The number of benzene rings is 1. The van der Waals surface area contributed by atoms with Crippen LogP contribution in [0.15, 0.2) is 22.7 Å². The molecule has 2 nitrogen and oxygen atoms in total. The first-order chi connectivity index (χ1) is 9.17. The van der Waals surface area contributed by atoms with E-state index < -0.39 is 0 Å². The van der Waals surface area contributed by atoms with Crippen LogP contribution in [0.2, 0.25) is 0 Å². The lowest BCUT2D eigenvalue weighted by Gasteiger charge is -2.15. The zero-order chi connectivity index (χ0) is 14.1. The van der Waals surface area contributed by atoms with Crippen LogP contribution in [-0.2, 0) is 6.42 Å². The Kier molecular flexibility index (Phi) is 8.58. The van der Waals surface area contributed by atoms with Gasteiger partial charge in [-0.1, -0.05) is 29.8 Å². The summed E-state index contributed by atoms with van der Waals surface area (Å²) in [6, 6.07) is 6.38. The molecule has 1 rings (SSSR count). The van der Waals surface area contributed by atoms with Crippen LogP contribution in [0, 0.1) is 0 Å². The maximum Gasteiger partial charge on any atom is 0.122 e. The fraction of sp³-hybridized carbons (Fsp3) is 0.600. The lowest BCUT2D eigenvalue weighted by atomic mass is 10.0. The molecule has 0 bridgehead atoms. The van der Waals surface area contributed by atoms with Crippen molar-refractivity contribution in [1.82, 2.24) is 0 Å². The highest BCUT2D eigenvalue weighted by Crippen LogP contribution is 2.25. The summed E-state index contributed by atoms with van der Waals surface area (Å²) in [6.07, 6.45) is 2.95. The topological polar surface area (TPSA) is 35.2 Å². The van der Waals surface area contributed by atoms with Crippen LogP contribution in [-0.4, -0.2) is 24.2 Å². The van der Waals surface area contributed by atoms with Crippen LogP contribution in [0.5, 0.6) is 5.75 Å². The highest BCUT2D eigenvalue weighted by atomic mass is 79.9. The van der Waals surface area contributed by atoms with Crippen LogP contribution in [0.3, 0.4) is 0 Å². The van der Waals surface area contributed by atoms with Crippen LogP contribution in [0.25, 0.3) is 0 Å². The third kappa shape index (κ3) is 6.68. The minimum absolute atomic E-state index is 0.201. The summed E-state index contributed by atoms with van der Waals surface area (Å²) in [5.74, 6) is 3.32. The van der Waals surface area contributed by atoms with Gasteiger partial charge in [-0.05, 0) is 54.5 Å². The molecule has 0 aromatic heterocycles. The van der Waals surface area contributed by atoms with E-state index in [4.69, 9.17) is 10.5 Å². The predicted molar refractivity (Wildman–Crippen MR) is 89.2 cm³/mol. The summed E-state index contributed by atoms with van der Waals surface area (Å²) < 4.78 is 6.98. The zero-order valence-electron chi connectivity index (χ0n) is 11.8. The molecule has 0 fully saturated rings. The van der Waals surface area contributed by atoms with E-state index in [-0.39, 0.29) is 6.04 Å². The number of thioether (sulfide) groups is 1. The van der Waals surface area contributed by atoms with Gasteiger partial charge in [-0.2, -0.15) is 11.8 Å². The second kappa shape index (κ2) is 9.67. The molecule has 1 aromatic carbocycles. The van der Waals surface area contributed by atoms with Crippen LogP contribution in [0.1, 0.15) is 32.3 Å². The van der Waals surface area contributed by atoms with E-state index in [1.54, 1.807) is 0 Å². The molecule has 1 aromatic rings. The van der Waals surface area contributed by atoms with Crippen molar-refractivity contribution < 1.29 is 4.74 Å². The maximum absolute atomic E-state index is 6.04. The van der Waals surface area contributed by atoms with Crippen LogP contribution >= 0.6 is 27.7 Å². The largest absolute Gasteiger partial charge is 0.493 e. The highest BCUT2D eigenvalue weighted by molar-refractivity contribution is 9.10. The summed E-state index contributed by atoms with van der Waals surface area (Å²) >= 11 is 5.47. The molecule has 0 spiro atoms. The molecule has 0 radical (unpaired) electrons. The molecule has 0 saturated carbocycles. The summed E-state index contributed by atoms with van der Waals surface area (Å²) in [4.78, 5) is 0. The van der Waals surface area contributed by atoms with Gasteiger partial charge in [-0.3, -0.25) is 0 Å². The molecule has 0 saturated heterocycles. The lowest BCUT2D eigenvalue weighted by molar-refractivity contribution is 0.314. The number of rotatable bonds is 9. The highest BCUT2D eigenvalue weighted by Gasteiger charge is 2.08. The van der Waals surface area contributed by atoms with Gasteiger partial charge < -0.3 is 10.5 Å². The van der Waals surface area contributed by atoms with E-state index in [9.17, 15) is 0 Å². The maximum atomic E-state index is 6.04. The van der Waals surface area contributed by atoms with E-state index in [1.165, 1.54) is 11.3 Å². The van der Waals surface area contributed by atoms with Crippen molar-refractivity contribution in [2.45, 2.75) is 39.2 Å². The zero-order valence-corrected chi connectivity index (χ0v) is 14.2. The molecule has 0 aliphatic carbocycles. The number of ether oxygens (including phenoxy) is 1. The van der Waals surface area contributed by atoms with Gasteiger partial charge in [0, 0.05) is 10.5 Å². The molecule has 0 heterocycles. The predicted octanol–water partition coefficient (Wildman–Crippen LogP) is 4.25. The molecular formula is C15H24BrNOS. The van der Waals surface area contributed by atoms with Gasteiger partial charge >= 0.3 is 0 Å². The van der Waals surface area contributed by atoms with Crippen molar-refractivity contribution in [2.75, 3.05) is 18.1 Å². The molecular weight excluding hydrogens is 322 g/mol. The second-order valence-corrected chi connectivity index (χ2v) is 6.83. The Hall–Kier alpha value is -0.190. The van der Waals surface area contributed by atoms with E-state index in [0.29, 0.717) is 0 Å². The molecule has 2 N–H and O–H groups in total. The monoisotopic (exact) mass is 345 g/mol. The second-order valence-electron chi connectivity index (χ2n) is 4.52. The first-order valence-corrected chi connectivity index (χ1v) is 8.86. The van der Waals surface area contributed by atoms with Gasteiger partial charge in [-0.25, -0.2) is 0 Å². The molecule has 108 valence electrons. The molecule has 0 amide bonds. The van der Waals surface area contributed by atoms with Gasteiger partial charge in [0.15, 0.2) is 0 Å². The molecule has 0 aliphatic rings. The minimum atomic E-state index is 0.201. The van der Waals surface area contributed by atoms with Crippen molar-refractivity contribution in [3.63, 3.8) is 0 Å². The Morgan fingerprint density at radius 1 is 1.37 bits per heavy atom. The number of hydrogen-bond acceptors (Lipinski definition) is 3. The smallest absolute Gasteiger partial charge is 0.122 e. The number of halogens is 1. The molecule has 1 unspecified atom stereocenters. The summed E-state index contributed by atoms with van der Waals surface area (Å²) in [7, 11) is 0. The van der Waals surface area contributed by atoms with Crippen LogP contribution in [0.4, 0.5) is 0 Å². The average Bonchev–Trinajstić information content (AvgIpc) is 2.40. The Balaban J connectivity index is 2.55. The van der Waals surface area contributed by atoms with E-state index in [2.05, 4.69) is 35.8 Å². The van der Waals surface area contributed by atoms with Gasteiger partial charge in [0.25, 0.3) is 0 Å². The van der Waals surface area contributed by atoms with Gasteiger partial charge in [-0.15, -0.1) is 0 Å². The molecule has 19 heavy (non-hydrogen) atoms. The fourth-order valence-corrected chi connectivity index (χ4v) is 2.78. The average molecular weight is 346 g/mol. The van der Waals surface area contributed by atoms with E-state index in [0.717, 1.165) is 41.8 Å². The molecule has 1 atom stereocenters. The number of hydrogen-bond donors (Lipinski definition) is 1. The first-order valence-electron chi connectivity index (χ1n) is 6.91. The third-order valence-corrected chi connectivity index (χ3v) is 4.40. The molecule has 4 heteroatoms. The minimum Gasteiger partial charge on any atom is -0.493 e. The van der Waals surface area contributed by atoms with Crippen molar-refractivity contribution >= 4 is 27.7 Å². The first kappa shape index (κ1) is 16.9. The molecule has 0 aliphatic heterocycles. The Labute approximate surface area is 129 Å². The van der Waals surface area contributed by atoms with Gasteiger partial charge in [0.1, 0.15) is 5.75 Å². The Morgan fingerprint density at radius 3 is 2.84 bits per heavy atom. The van der Waals surface area contributed by atoms with Crippen molar-refractivity contribution in [3.05, 3.63) is 28.2 Å². The third-order valence-electron chi connectivity index (χ3n) is 2.92. The van der Waals surface area contributed by atoms with Crippen molar-refractivity contribution in [2.24, 2.45) is 5.73 Å². The van der Waals surface area contributed by atoms with Gasteiger partial charge in [0.2, 0.25) is 0 Å². The fourth-order valence-electron chi connectivity index (χ4n) is 1.76. The SMILES string of the molecule is CCSCCCOc1ccc(Br)cc1CC(N)CC. The Bertz CT molecular complexity index is 373. The quantitative estimate of drug-likeness (QED) is 0.679. The van der Waals surface area contributed by atoms with Crippen molar-refractivity contribution in [3.8, 4) is 5.75 Å².